The lowest BCUT2D eigenvalue weighted by Crippen LogP contribution is -2.22. The van der Waals surface area contributed by atoms with E-state index in [2.05, 4.69) is 17.1 Å². The number of benzene rings is 1. The molecular formula is C19H17ClN4OS. The Morgan fingerprint density at radius 1 is 1.23 bits per heavy atom. The first-order valence-corrected chi connectivity index (χ1v) is 9.91. The fourth-order valence-corrected chi connectivity index (χ4v) is 5.39. The summed E-state index contributed by atoms with van der Waals surface area (Å²) in [6.45, 7) is 4.18. The van der Waals surface area contributed by atoms with Crippen LogP contribution in [0.4, 0.5) is 0 Å². The molecule has 0 bridgehead atoms. The minimum atomic E-state index is -0.0196. The molecule has 5 rings (SSSR count). The van der Waals surface area contributed by atoms with Gasteiger partial charge in [-0.2, -0.15) is 0 Å². The number of aryl methyl sites for hydroxylation is 2. The molecule has 26 heavy (non-hydrogen) atoms. The van der Waals surface area contributed by atoms with Gasteiger partial charge in [-0.15, -0.1) is 21.5 Å². The highest BCUT2D eigenvalue weighted by Crippen LogP contribution is 2.37. The van der Waals surface area contributed by atoms with Crippen LogP contribution in [-0.2, 0) is 12.8 Å². The fraction of sp³-hybridized carbons (Fsp3) is 0.316. The molecule has 1 aromatic carbocycles. The van der Waals surface area contributed by atoms with Crippen molar-refractivity contribution in [2.45, 2.75) is 33.1 Å². The highest BCUT2D eigenvalue weighted by molar-refractivity contribution is 7.18. The molecule has 0 saturated carbocycles. The summed E-state index contributed by atoms with van der Waals surface area (Å²) in [5.74, 6) is 1.94. The number of nitrogens with zero attached hydrogens (tertiary/aromatic N) is 4. The van der Waals surface area contributed by atoms with E-state index in [1.54, 1.807) is 28.0 Å². The number of aromatic nitrogens is 4. The van der Waals surface area contributed by atoms with Gasteiger partial charge in [0.05, 0.1) is 11.1 Å². The molecule has 7 heteroatoms. The van der Waals surface area contributed by atoms with Crippen LogP contribution in [0.3, 0.4) is 0 Å². The van der Waals surface area contributed by atoms with Gasteiger partial charge >= 0.3 is 0 Å². The zero-order valence-electron chi connectivity index (χ0n) is 14.5. The smallest absolute Gasteiger partial charge is 0.268 e. The number of halogens is 1. The largest absolute Gasteiger partial charge is 0.268 e. The minimum absolute atomic E-state index is 0.0196. The van der Waals surface area contributed by atoms with Crippen molar-refractivity contribution in [2.24, 2.45) is 5.92 Å². The summed E-state index contributed by atoms with van der Waals surface area (Å²) in [6.07, 6.45) is 3.17. The van der Waals surface area contributed by atoms with Crippen molar-refractivity contribution in [3.8, 4) is 5.69 Å². The third-order valence-electron chi connectivity index (χ3n) is 5.20. The topological polar surface area (TPSA) is 52.2 Å². The summed E-state index contributed by atoms with van der Waals surface area (Å²) in [6, 6.07) is 7.28. The van der Waals surface area contributed by atoms with E-state index in [4.69, 9.17) is 11.6 Å². The fourth-order valence-electron chi connectivity index (χ4n) is 3.88. The third-order valence-corrected chi connectivity index (χ3v) is 6.73. The van der Waals surface area contributed by atoms with E-state index in [0.717, 1.165) is 34.6 Å². The van der Waals surface area contributed by atoms with Gasteiger partial charge in [0.1, 0.15) is 10.7 Å². The summed E-state index contributed by atoms with van der Waals surface area (Å²) >= 11 is 7.75. The van der Waals surface area contributed by atoms with E-state index in [1.807, 2.05) is 23.5 Å². The predicted octanol–water partition coefficient (Wildman–Crippen LogP) is 4.18. The van der Waals surface area contributed by atoms with Crippen LogP contribution in [-0.4, -0.2) is 19.2 Å². The van der Waals surface area contributed by atoms with Crippen molar-refractivity contribution in [3.05, 3.63) is 55.9 Å². The van der Waals surface area contributed by atoms with Gasteiger partial charge < -0.3 is 0 Å². The summed E-state index contributed by atoms with van der Waals surface area (Å²) in [7, 11) is 0. The Labute approximate surface area is 158 Å². The molecule has 0 fully saturated rings. The second-order valence-electron chi connectivity index (χ2n) is 7.03. The van der Waals surface area contributed by atoms with Crippen LogP contribution < -0.4 is 5.56 Å². The molecule has 1 unspecified atom stereocenters. The summed E-state index contributed by atoms with van der Waals surface area (Å²) in [5.41, 5.74) is 1.95. The van der Waals surface area contributed by atoms with Gasteiger partial charge in [-0.3, -0.25) is 9.20 Å². The molecule has 4 aromatic rings. The van der Waals surface area contributed by atoms with E-state index in [0.29, 0.717) is 16.7 Å². The maximum atomic E-state index is 13.5. The highest BCUT2D eigenvalue weighted by Gasteiger charge is 2.26. The normalized spacial score (nSPS) is 17.1. The van der Waals surface area contributed by atoms with E-state index in [1.165, 1.54) is 16.9 Å². The van der Waals surface area contributed by atoms with Crippen LogP contribution in [0, 0.1) is 12.8 Å². The van der Waals surface area contributed by atoms with Crippen molar-refractivity contribution in [1.82, 2.24) is 19.2 Å². The Morgan fingerprint density at radius 2 is 2.00 bits per heavy atom. The zero-order chi connectivity index (χ0) is 18.0. The molecule has 0 aliphatic heterocycles. The number of hydrogen-bond donors (Lipinski definition) is 0. The van der Waals surface area contributed by atoms with Crippen LogP contribution in [0.15, 0.2) is 29.1 Å². The Hall–Kier alpha value is -2.18. The van der Waals surface area contributed by atoms with Gasteiger partial charge in [0, 0.05) is 9.90 Å². The first-order chi connectivity index (χ1) is 12.5. The zero-order valence-corrected chi connectivity index (χ0v) is 16.1. The molecular weight excluding hydrogens is 368 g/mol. The lowest BCUT2D eigenvalue weighted by Gasteiger charge is -2.18. The number of thiophene rings is 1. The average molecular weight is 385 g/mol. The monoisotopic (exact) mass is 384 g/mol. The van der Waals surface area contributed by atoms with Crippen LogP contribution in [0.2, 0.25) is 5.02 Å². The van der Waals surface area contributed by atoms with Gasteiger partial charge in [-0.1, -0.05) is 18.5 Å². The van der Waals surface area contributed by atoms with E-state index in [9.17, 15) is 4.79 Å². The second-order valence-corrected chi connectivity index (χ2v) is 8.55. The van der Waals surface area contributed by atoms with Gasteiger partial charge in [0.25, 0.3) is 5.56 Å². The third kappa shape index (κ3) is 2.18. The molecule has 1 aliphatic carbocycles. The molecule has 1 aliphatic rings. The molecule has 0 spiro atoms. The number of hydrogen-bond acceptors (Lipinski definition) is 4. The van der Waals surface area contributed by atoms with Crippen LogP contribution in [0.5, 0.6) is 0 Å². The standard InChI is InChI=1S/C19H17ClN4OS/c1-10-3-8-15-14(9-10)16-17(25)24(13-6-4-12(20)5-7-13)19-22-21-11(2)23(19)18(16)26-15/h4-7,10H,3,8-9H2,1-2H3. The lowest BCUT2D eigenvalue weighted by molar-refractivity contribution is 0.508. The van der Waals surface area contributed by atoms with Crippen molar-refractivity contribution in [3.63, 3.8) is 0 Å². The lowest BCUT2D eigenvalue weighted by atomic mass is 9.89. The number of rotatable bonds is 1. The minimum Gasteiger partial charge on any atom is -0.268 e. The summed E-state index contributed by atoms with van der Waals surface area (Å²) in [4.78, 5) is 15.8. The van der Waals surface area contributed by atoms with Crippen LogP contribution >= 0.6 is 22.9 Å². The summed E-state index contributed by atoms with van der Waals surface area (Å²) in [5, 5.41) is 10.0. The van der Waals surface area contributed by atoms with Crippen molar-refractivity contribution < 1.29 is 0 Å². The second kappa shape index (κ2) is 5.66. The SMILES string of the molecule is Cc1nnc2n(-c3ccc(Cl)cc3)c(=O)c3c4c(sc3n12)CCC(C)C4. The maximum absolute atomic E-state index is 13.5. The maximum Gasteiger partial charge on any atom is 0.268 e. The van der Waals surface area contributed by atoms with Crippen LogP contribution in [0.25, 0.3) is 21.7 Å². The molecule has 0 saturated heterocycles. The van der Waals surface area contributed by atoms with Crippen molar-refractivity contribution in [1.29, 1.82) is 0 Å². The van der Waals surface area contributed by atoms with Gasteiger partial charge in [0.15, 0.2) is 0 Å². The average Bonchev–Trinajstić information content (AvgIpc) is 3.17. The van der Waals surface area contributed by atoms with Gasteiger partial charge in [0.2, 0.25) is 5.78 Å². The first-order valence-electron chi connectivity index (χ1n) is 8.71. The van der Waals surface area contributed by atoms with Gasteiger partial charge in [-0.25, -0.2) is 4.57 Å². The van der Waals surface area contributed by atoms with E-state index >= 15 is 0 Å². The Balaban J connectivity index is 1.96. The molecule has 5 nitrogen and oxygen atoms in total. The van der Waals surface area contributed by atoms with Gasteiger partial charge in [-0.05, 0) is 61.9 Å². The molecule has 132 valence electrons. The van der Waals surface area contributed by atoms with E-state index in [-0.39, 0.29) is 5.56 Å². The first kappa shape index (κ1) is 16.0. The molecule has 3 aromatic heterocycles. The molecule has 0 radical (unpaired) electrons. The number of fused-ring (bicyclic) bond motifs is 5. The molecule has 1 atom stereocenters. The molecule has 0 N–H and O–H groups in total. The molecule has 3 heterocycles. The van der Waals surface area contributed by atoms with Crippen molar-refractivity contribution in [2.75, 3.05) is 0 Å². The Kier molecular flexibility index (Phi) is 3.49. The Morgan fingerprint density at radius 3 is 2.77 bits per heavy atom. The Bertz CT molecular complexity index is 1220. The summed E-state index contributed by atoms with van der Waals surface area (Å²) < 4.78 is 3.67. The quantitative estimate of drug-likeness (QED) is 0.494. The molecule has 0 amide bonds. The van der Waals surface area contributed by atoms with E-state index < -0.39 is 0 Å². The highest BCUT2D eigenvalue weighted by atomic mass is 35.5. The predicted molar refractivity (Wildman–Crippen MR) is 105 cm³/mol. The van der Waals surface area contributed by atoms with Crippen LogP contribution in [0.1, 0.15) is 29.6 Å². The van der Waals surface area contributed by atoms with Crippen molar-refractivity contribution >= 4 is 38.9 Å².